The first-order valence-electron chi connectivity index (χ1n) is 11.2. The number of aliphatic hydroxyl groups excluding tert-OH is 2. The van der Waals surface area contributed by atoms with Crippen LogP contribution in [0.5, 0.6) is 0 Å². The minimum atomic E-state index is -4.76. The Morgan fingerprint density at radius 3 is 2.55 bits per heavy atom. The van der Waals surface area contributed by atoms with Gasteiger partial charge >= 0.3 is 13.5 Å². The van der Waals surface area contributed by atoms with Crippen LogP contribution < -0.4 is 22.7 Å². The molecule has 0 bridgehead atoms. The van der Waals surface area contributed by atoms with Crippen molar-refractivity contribution in [2.45, 2.75) is 49.7 Å². The highest BCUT2D eigenvalue weighted by Gasteiger charge is 2.43. The number of phosphoric ester groups is 1. The van der Waals surface area contributed by atoms with Crippen LogP contribution in [-0.2, 0) is 23.1 Å². The second-order valence-electron chi connectivity index (χ2n) is 8.57. The van der Waals surface area contributed by atoms with Crippen LogP contribution in [-0.4, -0.2) is 86.8 Å². The van der Waals surface area contributed by atoms with E-state index in [4.69, 9.17) is 30.0 Å². The van der Waals surface area contributed by atoms with E-state index >= 15 is 0 Å². The summed E-state index contributed by atoms with van der Waals surface area (Å²) in [7, 11) is -4.76. The fraction of sp³-hybridized carbons (Fsp3) is 0.556. The van der Waals surface area contributed by atoms with E-state index in [1.807, 2.05) is 0 Å². The number of aromatic amines is 1. The minimum absolute atomic E-state index is 0.0218. The summed E-state index contributed by atoms with van der Waals surface area (Å²) in [5.74, 6) is -0.369. The summed E-state index contributed by atoms with van der Waals surface area (Å²) in [6, 6.07) is 0. The number of hydrogen-bond donors (Lipinski definition) is 6. The number of nitrogens with one attached hydrogen (secondary N) is 1. The van der Waals surface area contributed by atoms with Crippen LogP contribution in [0.25, 0.3) is 11.2 Å². The summed E-state index contributed by atoms with van der Waals surface area (Å²) in [5, 5.41) is 20.1. The normalized spacial score (nSPS) is 29.1. The number of nitrogens with two attached hydrogens (primary N) is 2. The monoisotopic (exact) mass is 557 g/mol. The van der Waals surface area contributed by atoms with Crippen molar-refractivity contribution >= 4 is 30.9 Å². The number of hydrogen-bond acceptors (Lipinski definition) is 15. The molecule has 0 aliphatic carbocycles. The van der Waals surface area contributed by atoms with Gasteiger partial charge < -0.3 is 36.0 Å². The van der Waals surface area contributed by atoms with Crippen molar-refractivity contribution in [1.82, 2.24) is 34.1 Å². The van der Waals surface area contributed by atoms with Crippen LogP contribution in [0.2, 0.25) is 0 Å². The van der Waals surface area contributed by atoms with Gasteiger partial charge in [0.15, 0.2) is 11.2 Å². The van der Waals surface area contributed by atoms with Gasteiger partial charge in [-0.25, -0.2) is 19.3 Å². The van der Waals surface area contributed by atoms with Crippen LogP contribution in [0, 0.1) is 0 Å². The third-order valence-corrected chi connectivity index (χ3v) is 7.06. The highest BCUT2D eigenvalue weighted by molar-refractivity contribution is 7.47. The summed E-state index contributed by atoms with van der Waals surface area (Å²) < 4.78 is 36.6. The molecule has 5 heterocycles. The molecule has 3 aromatic rings. The summed E-state index contributed by atoms with van der Waals surface area (Å²) >= 11 is 0. The van der Waals surface area contributed by atoms with E-state index < -0.39 is 69.2 Å². The second-order valence-corrected chi connectivity index (χ2v) is 9.97. The molecule has 206 valence electrons. The van der Waals surface area contributed by atoms with Crippen molar-refractivity contribution < 1.29 is 38.2 Å². The molecule has 0 aromatic carbocycles. The smallest absolute Gasteiger partial charge is 0.394 e. The third kappa shape index (κ3) is 5.18. The number of phosphoric acid groups is 1. The SMILES string of the molecule is Nc1ncn(C2CC(OP(=O)(O)OC[C@@H]3O[C@@H](n4cnc5c(=O)[nH]c(N)nc54)C[C@H]3O)C(CO)O2)c(=O)n1. The van der Waals surface area contributed by atoms with Crippen LogP contribution >= 0.6 is 7.82 Å². The van der Waals surface area contributed by atoms with Gasteiger partial charge in [0.2, 0.25) is 11.9 Å². The van der Waals surface area contributed by atoms with Gasteiger partial charge in [-0.3, -0.25) is 28.0 Å². The molecule has 2 fully saturated rings. The molecular formula is C18H24N9O10P. The quantitative estimate of drug-likeness (QED) is 0.154. The molecule has 0 saturated carbocycles. The maximum Gasteiger partial charge on any atom is 0.472 e. The molecule has 5 rings (SSSR count). The molecule has 38 heavy (non-hydrogen) atoms. The van der Waals surface area contributed by atoms with Gasteiger partial charge in [-0.15, -0.1) is 0 Å². The van der Waals surface area contributed by atoms with Gasteiger partial charge in [0.25, 0.3) is 5.56 Å². The van der Waals surface area contributed by atoms with E-state index in [1.165, 1.54) is 10.9 Å². The van der Waals surface area contributed by atoms with Gasteiger partial charge in [-0.1, -0.05) is 0 Å². The van der Waals surface area contributed by atoms with Gasteiger partial charge in [0.05, 0.1) is 25.6 Å². The Morgan fingerprint density at radius 1 is 1.11 bits per heavy atom. The number of anilines is 2. The predicted octanol–water partition coefficient (Wildman–Crippen LogP) is -2.63. The minimum Gasteiger partial charge on any atom is -0.394 e. The van der Waals surface area contributed by atoms with Crippen molar-refractivity contribution in [2.75, 3.05) is 24.7 Å². The van der Waals surface area contributed by atoms with E-state index in [9.17, 15) is 29.3 Å². The Hall–Kier alpha value is -3.29. The first-order valence-corrected chi connectivity index (χ1v) is 12.7. The average molecular weight is 557 g/mol. The number of H-pyrrole nitrogens is 1. The molecule has 3 aromatic heterocycles. The molecule has 2 saturated heterocycles. The predicted molar refractivity (Wildman–Crippen MR) is 124 cm³/mol. The van der Waals surface area contributed by atoms with Gasteiger partial charge in [0.1, 0.15) is 37.1 Å². The molecule has 20 heteroatoms. The van der Waals surface area contributed by atoms with E-state index in [0.717, 1.165) is 10.9 Å². The van der Waals surface area contributed by atoms with Crippen molar-refractivity contribution in [3.05, 3.63) is 33.5 Å². The van der Waals surface area contributed by atoms with E-state index in [-0.39, 0.29) is 35.9 Å². The zero-order valence-corrected chi connectivity index (χ0v) is 20.3. The van der Waals surface area contributed by atoms with Crippen LogP contribution in [0.15, 0.2) is 22.2 Å². The Balaban J connectivity index is 1.22. The zero-order chi connectivity index (χ0) is 27.2. The van der Waals surface area contributed by atoms with Crippen LogP contribution in [0.3, 0.4) is 0 Å². The maximum absolute atomic E-state index is 12.7. The van der Waals surface area contributed by atoms with E-state index in [0.29, 0.717) is 0 Å². The summed E-state index contributed by atoms with van der Waals surface area (Å²) in [5.41, 5.74) is 9.82. The fourth-order valence-corrected chi connectivity index (χ4v) is 5.22. The number of aliphatic hydroxyl groups is 2. The molecule has 8 N–H and O–H groups in total. The van der Waals surface area contributed by atoms with E-state index in [2.05, 4.69) is 24.9 Å². The Morgan fingerprint density at radius 2 is 1.82 bits per heavy atom. The van der Waals surface area contributed by atoms with Crippen molar-refractivity contribution in [1.29, 1.82) is 0 Å². The largest absolute Gasteiger partial charge is 0.472 e. The lowest BCUT2D eigenvalue weighted by Gasteiger charge is -2.21. The number of rotatable bonds is 8. The molecule has 0 radical (unpaired) electrons. The number of nitrogens with zero attached hydrogens (tertiary/aromatic N) is 6. The Bertz CT molecular complexity index is 1490. The summed E-state index contributed by atoms with van der Waals surface area (Å²) in [6.45, 7) is -1.13. The van der Waals surface area contributed by atoms with Crippen molar-refractivity contribution in [3.8, 4) is 0 Å². The van der Waals surface area contributed by atoms with Crippen molar-refractivity contribution in [2.24, 2.45) is 0 Å². The van der Waals surface area contributed by atoms with E-state index in [1.54, 1.807) is 0 Å². The first-order chi connectivity index (χ1) is 18.0. The standard InChI is InChI=1S/C18H24N9O10P/c19-16-22-6-27(18(31)25-16)12-2-8(9(3-28)35-12)37-38(32,33)34-4-10-7(29)1-11(36-10)26-5-21-13-14(26)23-17(20)24-15(13)30/h5-12,28-29H,1-4H2,(H,32,33)(H2,19,25,31)(H3,20,23,24,30)/t7-,8?,9?,10+,11-,12?/m1/s1. The molecular weight excluding hydrogens is 533 g/mol. The number of nitrogen functional groups attached to an aromatic ring is 2. The summed E-state index contributed by atoms with van der Waals surface area (Å²) in [4.78, 5) is 51.9. The van der Waals surface area contributed by atoms with Gasteiger partial charge in [-0.2, -0.15) is 9.97 Å². The fourth-order valence-electron chi connectivity index (χ4n) is 4.26. The molecule has 7 atom stereocenters. The lowest BCUT2D eigenvalue weighted by Crippen LogP contribution is -2.29. The molecule has 0 spiro atoms. The maximum atomic E-state index is 12.7. The Labute approximate surface area is 211 Å². The average Bonchev–Trinajstić information content (AvgIpc) is 3.54. The molecule has 2 aliphatic heterocycles. The number of aromatic nitrogens is 7. The second kappa shape index (κ2) is 10.1. The lowest BCUT2D eigenvalue weighted by molar-refractivity contribution is -0.0565. The number of imidazole rings is 1. The van der Waals surface area contributed by atoms with Gasteiger partial charge in [0, 0.05) is 12.8 Å². The highest BCUT2D eigenvalue weighted by Crippen LogP contribution is 2.49. The Kier molecular flexibility index (Phi) is 7.01. The number of ether oxygens (including phenoxy) is 2. The number of fused-ring (bicyclic) bond motifs is 1. The zero-order valence-electron chi connectivity index (χ0n) is 19.4. The highest BCUT2D eigenvalue weighted by atomic mass is 31.2. The third-order valence-electron chi connectivity index (χ3n) is 6.05. The van der Waals surface area contributed by atoms with Gasteiger partial charge in [-0.05, 0) is 0 Å². The first kappa shape index (κ1) is 26.3. The van der Waals surface area contributed by atoms with Crippen molar-refractivity contribution in [3.63, 3.8) is 0 Å². The molecule has 2 aliphatic rings. The topological polar surface area (TPSA) is 278 Å². The molecule has 4 unspecified atom stereocenters. The molecule has 0 amide bonds. The molecule has 19 nitrogen and oxygen atoms in total. The summed E-state index contributed by atoms with van der Waals surface area (Å²) in [6.07, 6.45) is -3.86. The lowest BCUT2D eigenvalue weighted by atomic mass is 10.2. The van der Waals surface area contributed by atoms with Crippen LogP contribution in [0.4, 0.5) is 11.9 Å². The van der Waals surface area contributed by atoms with Crippen LogP contribution in [0.1, 0.15) is 25.3 Å².